The van der Waals surface area contributed by atoms with Gasteiger partial charge in [-0.3, -0.25) is 0 Å². The number of nitrogens with one attached hydrogen (secondary N) is 1. The van der Waals surface area contributed by atoms with Gasteiger partial charge in [0.05, 0.1) is 0 Å². The fourth-order valence-corrected chi connectivity index (χ4v) is 1.83. The highest BCUT2D eigenvalue weighted by Gasteiger charge is 2.10. The largest absolute Gasteiger partial charge is 0.396 e. The van der Waals surface area contributed by atoms with E-state index in [0.717, 1.165) is 31.3 Å². The summed E-state index contributed by atoms with van der Waals surface area (Å²) in [6.07, 6.45) is 3.39. The molecule has 0 heterocycles. The highest BCUT2D eigenvalue weighted by Crippen LogP contribution is 2.14. The van der Waals surface area contributed by atoms with E-state index < -0.39 is 0 Å². The summed E-state index contributed by atoms with van der Waals surface area (Å²) in [5, 5.41) is 12.5. The number of hydrogen-bond donors (Lipinski definition) is 2. The van der Waals surface area contributed by atoms with Crippen LogP contribution in [0.1, 0.15) is 47.0 Å². The van der Waals surface area contributed by atoms with E-state index in [9.17, 15) is 0 Å². The standard InChI is InChI=1S/C13H29NO/c1-5-12(4)9-14-10-13(6-7-15)8-11(2)3/h11-15H,5-10H2,1-4H3. The quantitative estimate of drug-likeness (QED) is 0.620. The van der Waals surface area contributed by atoms with Crippen LogP contribution in [0.4, 0.5) is 0 Å². The summed E-state index contributed by atoms with van der Waals surface area (Å²) >= 11 is 0. The molecule has 0 spiro atoms. The van der Waals surface area contributed by atoms with E-state index in [1.807, 2.05) is 0 Å². The van der Waals surface area contributed by atoms with Crippen LogP contribution < -0.4 is 5.32 Å². The molecule has 0 saturated heterocycles. The van der Waals surface area contributed by atoms with Gasteiger partial charge in [-0.15, -0.1) is 0 Å². The van der Waals surface area contributed by atoms with Crippen molar-refractivity contribution in [2.45, 2.75) is 47.0 Å². The molecular weight excluding hydrogens is 186 g/mol. The van der Waals surface area contributed by atoms with E-state index in [-0.39, 0.29) is 0 Å². The third-order valence-corrected chi connectivity index (χ3v) is 2.96. The molecule has 15 heavy (non-hydrogen) atoms. The smallest absolute Gasteiger partial charge is 0.0434 e. The van der Waals surface area contributed by atoms with Gasteiger partial charge in [0, 0.05) is 6.61 Å². The second-order valence-corrected chi connectivity index (χ2v) is 5.18. The summed E-state index contributed by atoms with van der Waals surface area (Å²) in [5.41, 5.74) is 0. The van der Waals surface area contributed by atoms with E-state index >= 15 is 0 Å². The van der Waals surface area contributed by atoms with Crippen LogP contribution in [0.25, 0.3) is 0 Å². The van der Waals surface area contributed by atoms with Gasteiger partial charge in [0.25, 0.3) is 0 Å². The molecule has 0 bridgehead atoms. The van der Waals surface area contributed by atoms with Gasteiger partial charge in [-0.25, -0.2) is 0 Å². The molecule has 0 aromatic rings. The molecule has 2 atom stereocenters. The lowest BCUT2D eigenvalue weighted by molar-refractivity contribution is 0.238. The lowest BCUT2D eigenvalue weighted by atomic mass is 9.94. The molecule has 2 heteroatoms. The van der Waals surface area contributed by atoms with Crippen molar-refractivity contribution in [3.8, 4) is 0 Å². The molecule has 0 aliphatic carbocycles. The predicted molar refractivity (Wildman–Crippen MR) is 67.0 cm³/mol. The molecule has 2 unspecified atom stereocenters. The minimum absolute atomic E-state index is 0.322. The Kier molecular flexibility index (Phi) is 9.12. The molecule has 0 rings (SSSR count). The van der Waals surface area contributed by atoms with Crippen LogP contribution in [0.3, 0.4) is 0 Å². The van der Waals surface area contributed by atoms with E-state index in [0.29, 0.717) is 12.5 Å². The predicted octanol–water partition coefficient (Wildman–Crippen LogP) is 2.67. The SMILES string of the molecule is CCC(C)CNCC(CCO)CC(C)C. The summed E-state index contributed by atoms with van der Waals surface area (Å²) < 4.78 is 0. The molecule has 2 nitrogen and oxygen atoms in total. The van der Waals surface area contributed by atoms with Crippen molar-refractivity contribution in [2.24, 2.45) is 17.8 Å². The Morgan fingerprint density at radius 3 is 2.27 bits per heavy atom. The van der Waals surface area contributed by atoms with Crippen molar-refractivity contribution in [3.05, 3.63) is 0 Å². The van der Waals surface area contributed by atoms with Gasteiger partial charge in [-0.05, 0) is 43.7 Å². The fourth-order valence-electron chi connectivity index (χ4n) is 1.83. The van der Waals surface area contributed by atoms with Gasteiger partial charge >= 0.3 is 0 Å². The topological polar surface area (TPSA) is 32.3 Å². The first-order valence-electron chi connectivity index (χ1n) is 6.41. The maximum Gasteiger partial charge on any atom is 0.0434 e. The number of hydrogen-bond acceptors (Lipinski definition) is 2. The van der Waals surface area contributed by atoms with Gasteiger partial charge in [0.15, 0.2) is 0 Å². The van der Waals surface area contributed by atoms with Gasteiger partial charge in [-0.2, -0.15) is 0 Å². The Hall–Kier alpha value is -0.0800. The molecule has 0 saturated carbocycles. The Balaban J connectivity index is 3.65. The van der Waals surface area contributed by atoms with Crippen LogP contribution in [0.5, 0.6) is 0 Å². The zero-order valence-corrected chi connectivity index (χ0v) is 10.9. The van der Waals surface area contributed by atoms with Crippen molar-refractivity contribution in [1.29, 1.82) is 0 Å². The third-order valence-electron chi connectivity index (χ3n) is 2.96. The average Bonchev–Trinajstić information content (AvgIpc) is 2.16. The van der Waals surface area contributed by atoms with Crippen LogP contribution in [0, 0.1) is 17.8 Å². The van der Waals surface area contributed by atoms with Crippen molar-refractivity contribution < 1.29 is 5.11 Å². The molecule has 0 aromatic carbocycles. The maximum absolute atomic E-state index is 8.98. The molecule has 2 N–H and O–H groups in total. The van der Waals surface area contributed by atoms with Crippen LogP contribution in [-0.4, -0.2) is 24.8 Å². The molecule has 0 aliphatic rings. The first-order valence-corrected chi connectivity index (χ1v) is 6.41. The molecule has 0 aromatic heterocycles. The Morgan fingerprint density at radius 2 is 1.80 bits per heavy atom. The van der Waals surface area contributed by atoms with Crippen molar-refractivity contribution >= 4 is 0 Å². The molecule has 92 valence electrons. The summed E-state index contributed by atoms with van der Waals surface area (Å²) in [7, 11) is 0. The van der Waals surface area contributed by atoms with E-state index in [2.05, 4.69) is 33.0 Å². The van der Waals surface area contributed by atoms with Crippen molar-refractivity contribution in [3.63, 3.8) is 0 Å². The minimum atomic E-state index is 0.322. The van der Waals surface area contributed by atoms with E-state index in [4.69, 9.17) is 5.11 Å². The first kappa shape index (κ1) is 14.9. The zero-order chi connectivity index (χ0) is 11.7. The van der Waals surface area contributed by atoms with E-state index in [1.54, 1.807) is 0 Å². The highest BCUT2D eigenvalue weighted by atomic mass is 16.3. The normalized spacial score (nSPS) is 15.6. The minimum Gasteiger partial charge on any atom is -0.396 e. The highest BCUT2D eigenvalue weighted by molar-refractivity contribution is 4.65. The summed E-state index contributed by atoms with van der Waals surface area (Å²) in [5.74, 6) is 2.13. The van der Waals surface area contributed by atoms with Gasteiger partial charge < -0.3 is 10.4 Å². The Bertz CT molecular complexity index is 136. The molecule has 0 aliphatic heterocycles. The summed E-state index contributed by atoms with van der Waals surface area (Å²) in [6, 6.07) is 0. The van der Waals surface area contributed by atoms with Crippen LogP contribution in [0.15, 0.2) is 0 Å². The number of aliphatic hydroxyl groups is 1. The lowest BCUT2D eigenvalue weighted by Gasteiger charge is -2.19. The van der Waals surface area contributed by atoms with Gasteiger partial charge in [0.1, 0.15) is 0 Å². The molecular formula is C13H29NO. The molecule has 0 fully saturated rings. The molecule has 0 amide bonds. The summed E-state index contributed by atoms with van der Waals surface area (Å²) in [4.78, 5) is 0. The fraction of sp³-hybridized carbons (Fsp3) is 1.00. The third kappa shape index (κ3) is 8.88. The molecule has 0 radical (unpaired) electrons. The van der Waals surface area contributed by atoms with Crippen molar-refractivity contribution in [2.75, 3.05) is 19.7 Å². The van der Waals surface area contributed by atoms with Gasteiger partial charge in [-0.1, -0.05) is 34.1 Å². The van der Waals surface area contributed by atoms with E-state index in [1.165, 1.54) is 12.8 Å². The van der Waals surface area contributed by atoms with Gasteiger partial charge in [0.2, 0.25) is 0 Å². The first-order chi connectivity index (χ1) is 7.10. The lowest BCUT2D eigenvalue weighted by Crippen LogP contribution is -2.28. The second-order valence-electron chi connectivity index (χ2n) is 5.18. The van der Waals surface area contributed by atoms with Crippen LogP contribution in [0.2, 0.25) is 0 Å². The number of aliphatic hydroxyl groups excluding tert-OH is 1. The maximum atomic E-state index is 8.98. The van der Waals surface area contributed by atoms with Crippen molar-refractivity contribution in [1.82, 2.24) is 5.32 Å². The zero-order valence-electron chi connectivity index (χ0n) is 10.9. The van der Waals surface area contributed by atoms with Crippen LogP contribution in [-0.2, 0) is 0 Å². The second kappa shape index (κ2) is 9.17. The Labute approximate surface area is 95.5 Å². The Morgan fingerprint density at radius 1 is 1.13 bits per heavy atom. The monoisotopic (exact) mass is 215 g/mol. The summed E-state index contributed by atoms with van der Waals surface area (Å²) in [6.45, 7) is 11.5. The van der Waals surface area contributed by atoms with Crippen LogP contribution >= 0.6 is 0 Å². The average molecular weight is 215 g/mol. The number of rotatable bonds is 9.